The van der Waals surface area contributed by atoms with Gasteiger partial charge >= 0.3 is 0 Å². The van der Waals surface area contributed by atoms with Gasteiger partial charge in [0, 0.05) is 31.7 Å². The third-order valence-electron chi connectivity index (χ3n) is 5.74. The lowest BCUT2D eigenvalue weighted by Crippen LogP contribution is -2.43. The van der Waals surface area contributed by atoms with Gasteiger partial charge in [-0.1, -0.05) is 43.2 Å². The number of aromatic amines is 1. The second-order valence-electron chi connectivity index (χ2n) is 7.94. The van der Waals surface area contributed by atoms with Gasteiger partial charge in [-0.3, -0.25) is 9.78 Å². The van der Waals surface area contributed by atoms with E-state index >= 15 is 0 Å². The summed E-state index contributed by atoms with van der Waals surface area (Å²) >= 11 is 0. The van der Waals surface area contributed by atoms with E-state index in [1.165, 1.54) is 18.4 Å². The zero-order valence-electron chi connectivity index (χ0n) is 16.6. The number of morpholine rings is 1. The summed E-state index contributed by atoms with van der Waals surface area (Å²) in [6, 6.07) is 12.6. The molecule has 6 nitrogen and oxygen atoms in total. The lowest BCUT2D eigenvalue weighted by molar-refractivity contribution is 0.0529. The Morgan fingerprint density at radius 1 is 1.18 bits per heavy atom. The predicted octanol–water partition coefficient (Wildman–Crippen LogP) is 2.99. The molecular weight excluding hydrogens is 352 g/mol. The third-order valence-corrected chi connectivity index (χ3v) is 5.74. The number of ether oxygens (including phenoxy) is 1. The molecule has 0 saturated carbocycles. The Morgan fingerprint density at radius 2 is 2.04 bits per heavy atom. The van der Waals surface area contributed by atoms with Crippen molar-refractivity contribution in [3.05, 3.63) is 52.3 Å². The van der Waals surface area contributed by atoms with E-state index in [1.54, 1.807) is 6.07 Å². The molecule has 1 N–H and O–H groups in total. The molecule has 0 radical (unpaired) electrons. The molecule has 0 amide bonds. The second kappa shape index (κ2) is 8.78. The fourth-order valence-electron chi connectivity index (χ4n) is 4.31. The first kappa shape index (κ1) is 19.0. The summed E-state index contributed by atoms with van der Waals surface area (Å²) in [6.45, 7) is 5.21. The number of anilines is 2. The molecule has 2 aliphatic rings. The number of nitrogens with one attached hydrogen (secondary N) is 1. The van der Waals surface area contributed by atoms with Crippen molar-refractivity contribution < 1.29 is 4.74 Å². The quantitative estimate of drug-likeness (QED) is 0.881. The van der Waals surface area contributed by atoms with Crippen LogP contribution in [-0.2, 0) is 11.2 Å². The van der Waals surface area contributed by atoms with Crippen molar-refractivity contribution in [1.82, 2.24) is 9.97 Å². The van der Waals surface area contributed by atoms with E-state index in [1.807, 2.05) is 0 Å². The summed E-state index contributed by atoms with van der Waals surface area (Å²) in [5, 5.41) is 0. The van der Waals surface area contributed by atoms with E-state index in [9.17, 15) is 4.79 Å². The van der Waals surface area contributed by atoms with Gasteiger partial charge in [0.1, 0.15) is 5.82 Å². The Hall–Kier alpha value is -2.34. The molecule has 2 aromatic rings. The summed E-state index contributed by atoms with van der Waals surface area (Å²) in [5.41, 5.74) is 1.25. The average Bonchev–Trinajstić information content (AvgIpc) is 2.94. The summed E-state index contributed by atoms with van der Waals surface area (Å²) < 4.78 is 5.64. The summed E-state index contributed by atoms with van der Waals surface area (Å²) in [7, 11) is 0. The van der Waals surface area contributed by atoms with Crippen molar-refractivity contribution in [3.8, 4) is 0 Å². The first-order chi connectivity index (χ1) is 13.7. The molecule has 2 aliphatic heterocycles. The zero-order chi connectivity index (χ0) is 19.3. The van der Waals surface area contributed by atoms with Gasteiger partial charge in [-0.25, -0.2) is 0 Å². The first-order valence-electron chi connectivity index (χ1n) is 10.5. The van der Waals surface area contributed by atoms with Crippen molar-refractivity contribution in [2.24, 2.45) is 0 Å². The number of hydrogen-bond acceptors (Lipinski definition) is 5. The van der Waals surface area contributed by atoms with Crippen LogP contribution in [-0.4, -0.2) is 48.4 Å². The largest absolute Gasteiger partial charge is 0.375 e. The van der Waals surface area contributed by atoms with Crippen LogP contribution in [0, 0.1) is 0 Å². The standard InChI is InChI=1S/C22H30N4O2/c1-17-16-25(12-13-28-17)20-15-21(27)24-22(23-20)26-11-7-3-6-10-19(26)14-18-8-4-2-5-9-18/h2,4-5,8-9,15,17,19H,3,6-7,10-14,16H2,1H3,(H,23,24,27)/t17-,19?/m1/s1. The highest BCUT2D eigenvalue weighted by Crippen LogP contribution is 2.25. The van der Waals surface area contributed by atoms with Gasteiger partial charge < -0.3 is 14.5 Å². The number of H-pyrrole nitrogens is 1. The monoisotopic (exact) mass is 382 g/mol. The van der Waals surface area contributed by atoms with Gasteiger partial charge in [0.15, 0.2) is 0 Å². The maximum atomic E-state index is 12.4. The second-order valence-corrected chi connectivity index (χ2v) is 7.94. The molecule has 4 rings (SSSR count). The van der Waals surface area contributed by atoms with Crippen molar-refractivity contribution >= 4 is 11.8 Å². The Bertz CT molecular complexity index is 823. The molecule has 28 heavy (non-hydrogen) atoms. The number of nitrogens with zero attached hydrogens (tertiary/aromatic N) is 3. The number of hydrogen-bond donors (Lipinski definition) is 1. The van der Waals surface area contributed by atoms with Crippen LogP contribution in [0.1, 0.15) is 38.2 Å². The molecule has 1 aromatic heterocycles. The van der Waals surface area contributed by atoms with Crippen LogP contribution < -0.4 is 15.4 Å². The Kier molecular flexibility index (Phi) is 5.95. The van der Waals surface area contributed by atoms with Gasteiger partial charge in [-0.2, -0.15) is 4.98 Å². The molecule has 150 valence electrons. The van der Waals surface area contributed by atoms with E-state index in [0.29, 0.717) is 18.6 Å². The van der Waals surface area contributed by atoms with Crippen molar-refractivity contribution in [2.45, 2.75) is 51.2 Å². The van der Waals surface area contributed by atoms with Crippen LogP contribution in [0.15, 0.2) is 41.2 Å². The number of aromatic nitrogens is 2. The topological polar surface area (TPSA) is 61.5 Å². The Labute approximate surface area is 166 Å². The molecule has 0 aliphatic carbocycles. The molecule has 1 unspecified atom stereocenters. The molecule has 0 bridgehead atoms. The van der Waals surface area contributed by atoms with E-state index in [-0.39, 0.29) is 11.7 Å². The lowest BCUT2D eigenvalue weighted by Gasteiger charge is -2.34. The molecule has 1 aromatic carbocycles. The van der Waals surface area contributed by atoms with Crippen molar-refractivity contribution in [3.63, 3.8) is 0 Å². The van der Waals surface area contributed by atoms with E-state index < -0.39 is 0 Å². The molecule has 2 fully saturated rings. The van der Waals surface area contributed by atoms with Crippen LogP contribution in [0.5, 0.6) is 0 Å². The predicted molar refractivity (Wildman–Crippen MR) is 112 cm³/mol. The minimum Gasteiger partial charge on any atom is -0.375 e. The van der Waals surface area contributed by atoms with Crippen LogP contribution in [0.25, 0.3) is 0 Å². The van der Waals surface area contributed by atoms with Crippen LogP contribution in [0.2, 0.25) is 0 Å². The molecule has 2 saturated heterocycles. The lowest BCUT2D eigenvalue weighted by atomic mass is 10.0. The van der Waals surface area contributed by atoms with Gasteiger partial charge in [0.05, 0.1) is 12.7 Å². The highest BCUT2D eigenvalue weighted by molar-refractivity contribution is 5.45. The van der Waals surface area contributed by atoms with Crippen LogP contribution in [0.3, 0.4) is 0 Å². The van der Waals surface area contributed by atoms with Crippen molar-refractivity contribution in [1.29, 1.82) is 0 Å². The number of benzene rings is 1. The van der Waals surface area contributed by atoms with Gasteiger partial charge in [-0.05, 0) is 31.7 Å². The van der Waals surface area contributed by atoms with Gasteiger partial charge in [-0.15, -0.1) is 0 Å². The van der Waals surface area contributed by atoms with Crippen molar-refractivity contribution in [2.75, 3.05) is 36.0 Å². The molecular formula is C22H30N4O2. The SMILES string of the molecule is C[C@@H]1CN(c2cc(=O)[nH]c(N3CCCCCC3Cc3ccccc3)n2)CCO1. The fourth-order valence-corrected chi connectivity index (χ4v) is 4.31. The normalized spacial score (nSPS) is 23.5. The highest BCUT2D eigenvalue weighted by Gasteiger charge is 2.25. The summed E-state index contributed by atoms with van der Waals surface area (Å²) in [6.07, 6.45) is 5.84. The summed E-state index contributed by atoms with van der Waals surface area (Å²) in [4.78, 5) is 24.8. The fraction of sp³-hybridized carbons (Fsp3) is 0.545. The maximum Gasteiger partial charge on any atom is 0.254 e. The Balaban J connectivity index is 1.61. The highest BCUT2D eigenvalue weighted by atomic mass is 16.5. The van der Waals surface area contributed by atoms with Gasteiger partial charge in [0.25, 0.3) is 5.56 Å². The molecule has 3 heterocycles. The molecule has 2 atom stereocenters. The van der Waals surface area contributed by atoms with E-state index in [0.717, 1.165) is 44.7 Å². The van der Waals surface area contributed by atoms with E-state index in [4.69, 9.17) is 9.72 Å². The van der Waals surface area contributed by atoms with Crippen LogP contribution >= 0.6 is 0 Å². The minimum atomic E-state index is -0.0816. The number of rotatable bonds is 4. The molecule has 6 heteroatoms. The Morgan fingerprint density at radius 3 is 2.86 bits per heavy atom. The minimum absolute atomic E-state index is 0.0816. The molecule has 0 spiro atoms. The first-order valence-corrected chi connectivity index (χ1v) is 10.5. The third kappa shape index (κ3) is 4.55. The van der Waals surface area contributed by atoms with Crippen LogP contribution in [0.4, 0.5) is 11.8 Å². The zero-order valence-corrected chi connectivity index (χ0v) is 16.6. The van der Waals surface area contributed by atoms with E-state index in [2.05, 4.69) is 52.0 Å². The smallest absolute Gasteiger partial charge is 0.254 e. The maximum absolute atomic E-state index is 12.4. The van der Waals surface area contributed by atoms with Gasteiger partial charge in [0.2, 0.25) is 5.95 Å². The summed E-state index contributed by atoms with van der Waals surface area (Å²) in [5.74, 6) is 1.47. The average molecular weight is 383 g/mol.